The number of hydrogen-bond donors (Lipinski definition) is 1. The maximum atomic E-state index is 13.0. The van der Waals surface area contributed by atoms with Crippen LogP contribution >= 0.6 is 0 Å². The third-order valence-corrected chi connectivity index (χ3v) is 6.10. The molecule has 2 aromatic rings. The third kappa shape index (κ3) is 3.16. The Labute approximate surface area is 155 Å². The number of fused-ring (bicyclic) bond motifs is 1. The molecule has 5 heteroatoms. The monoisotopic (exact) mass is 352 g/mol. The zero-order valence-corrected chi connectivity index (χ0v) is 15.5. The lowest BCUT2D eigenvalue weighted by molar-refractivity contribution is 0.0674. The summed E-state index contributed by atoms with van der Waals surface area (Å²) in [7, 11) is 1.94. The van der Waals surface area contributed by atoms with E-state index < -0.39 is 0 Å². The smallest absolute Gasteiger partial charge is 0.254 e. The van der Waals surface area contributed by atoms with Gasteiger partial charge in [0.05, 0.1) is 5.69 Å². The molecule has 2 N–H and O–H groups in total. The quantitative estimate of drug-likeness (QED) is 0.897. The predicted octanol–water partition coefficient (Wildman–Crippen LogP) is 3.34. The molecule has 4 rings (SSSR count). The molecule has 1 aromatic heterocycles. The molecule has 0 radical (unpaired) electrons. The zero-order chi connectivity index (χ0) is 18.1. The highest BCUT2D eigenvalue weighted by molar-refractivity contribution is 5.99. The second kappa shape index (κ2) is 7.23. The first-order valence-corrected chi connectivity index (χ1v) is 9.79. The van der Waals surface area contributed by atoms with Gasteiger partial charge in [0.15, 0.2) is 0 Å². The summed E-state index contributed by atoms with van der Waals surface area (Å²) >= 11 is 0. The molecule has 0 spiro atoms. The first-order chi connectivity index (χ1) is 12.7. The molecule has 138 valence electrons. The van der Waals surface area contributed by atoms with Crippen LogP contribution in [0.1, 0.15) is 54.4 Å². The van der Waals surface area contributed by atoms with Crippen molar-refractivity contribution in [2.45, 2.75) is 51.1 Å². The number of hydrogen-bond acceptors (Lipinski definition) is 3. The molecule has 0 unspecified atom stereocenters. The van der Waals surface area contributed by atoms with Gasteiger partial charge in [-0.2, -0.15) is 5.10 Å². The molecule has 2 aliphatic rings. The van der Waals surface area contributed by atoms with E-state index in [0.717, 1.165) is 34.7 Å². The Morgan fingerprint density at radius 1 is 1.23 bits per heavy atom. The molecule has 1 aliphatic heterocycles. The summed E-state index contributed by atoms with van der Waals surface area (Å²) in [6, 6.07) is 8.28. The van der Waals surface area contributed by atoms with E-state index in [1.54, 1.807) is 6.20 Å². The topological polar surface area (TPSA) is 64.2 Å². The van der Waals surface area contributed by atoms with Gasteiger partial charge in [0.1, 0.15) is 0 Å². The molecular formula is C21H28N4O. The van der Waals surface area contributed by atoms with E-state index >= 15 is 0 Å². The third-order valence-electron chi connectivity index (χ3n) is 6.10. The van der Waals surface area contributed by atoms with Gasteiger partial charge in [0.25, 0.3) is 5.91 Å². The second-order valence-electron chi connectivity index (χ2n) is 7.77. The Hall–Kier alpha value is -2.14. The highest BCUT2D eigenvalue weighted by Gasteiger charge is 2.33. The summed E-state index contributed by atoms with van der Waals surface area (Å²) in [5.41, 5.74) is 10.2. The maximum Gasteiger partial charge on any atom is 0.254 e. The molecule has 1 atom stereocenters. The normalized spacial score (nSPS) is 19.0. The first kappa shape index (κ1) is 17.3. The van der Waals surface area contributed by atoms with E-state index in [4.69, 9.17) is 5.73 Å². The number of nitrogens with zero attached hydrogens (tertiary/aromatic N) is 3. The summed E-state index contributed by atoms with van der Waals surface area (Å²) in [5, 5.41) is 4.25. The number of benzene rings is 1. The Kier molecular flexibility index (Phi) is 4.81. The van der Waals surface area contributed by atoms with Crippen LogP contribution in [0.2, 0.25) is 0 Å². The fraction of sp³-hybridized carbons (Fsp3) is 0.524. The molecule has 2 heterocycles. The number of carbonyl (C=O) groups excluding carboxylic acids is 1. The lowest BCUT2D eigenvalue weighted by atomic mass is 9.84. The van der Waals surface area contributed by atoms with Crippen molar-refractivity contribution in [2.24, 2.45) is 18.7 Å². The fourth-order valence-corrected chi connectivity index (χ4v) is 4.61. The summed E-state index contributed by atoms with van der Waals surface area (Å²) in [5.74, 6) is 0.863. The van der Waals surface area contributed by atoms with Crippen molar-refractivity contribution in [3.8, 4) is 11.3 Å². The minimum atomic E-state index is 0.141. The Bertz CT molecular complexity index is 791. The molecule has 1 amide bonds. The number of aryl methyl sites for hydroxylation is 1. The van der Waals surface area contributed by atoms with Crippen LogP contribution in [0.25, 0.3) is 11.3 Å². The molecule has 26 heavy (non-hydrogen) atoms. The predicted molar refractivity (Wildman–Crippen MR) is 103 cm³/mol. The average molecular weight is 352 g/mol. The van der Waals surface area contributed by atoms with E-state index in [0.29, 0.717) is 13.1 Å². The van der Waals surface area contributed by atoms with Crippen LogP contribution < -0.4 is 5.73 Å². The van der Waals surface area contributed by atoms with Crippen LogP contribution in [-0.2, 0) is 13.6 Å². The summed E-state index contributed by atoms with van der Waals surface area (Å²) in [6.07, 6.45) is 9.43. The van der Waals surface area contributed by atoms with Crippen molar-refractivity contribution < 1.29 is 4.79 Å². The van der Waals surface area contributed by atoms with Crippen molar-refractivity contribution in [2.75, 3.05) is 6.54 Å². The van der Waals surface area contributed by atoms with Crippen LogP contribution in [0.15, 0.2) is 30.5 Å². The Balaban J connectivity index is 1.53. The number of rotatable bonds is 5. The van der Waals surface area contributed by atoms with Gasteiger partial charge >= 0.3 is 0 Å². The molecule has 1 aromatic carbocycles. The first-order valence-electron chi connectivity index (χ1n) is 9.79. The van der Waals surface area contributed by atoms with Gasteiger partial charge in [-0.15, -0.1) is 0 Å². The zero-order valence-electron chi connectivity index (χ0n) is 15.5. The molecule has 0 saturated heterocycles. The fourth-order valence-electron chi connectivity index (χ4n) is 4.61. The van der Waals surface area contributed by atoms with Crippen molar-refractivity contribution >= 4 is 5.91 Å². The SMILES string of the molecule is Cn1nccc1-c1ccc2c(c1)CN([C@H](CN)CC1CCCCC1)C2=O. The molecular weight excluding hydrogens is 324 g/mol. The average Bonchev–Trinajstić information content (AvgIpc) is 3.24. The van der Waals surface area contributed by atoms with Crippen LogP contribution in [0.4, 0.5) is 0 Å². The van der Waals surface area contributed by atoms with Crippen molar-refractivity contribution in [1.82, 2.24) is 14.7 Å². The van der Waals surface area contributed by atoms with Crippen molar-refractivity contribution in [3.63, 3.8) is 0 Å². The Morgan fingerprint density at radius 2 is 2.04 bits per heavy atom. The number of aromatic nitrogens is 2. The lowest BCUT2D eigenvalue weighted by Gasteiger charge is -2.31. The summed E-state index contributed by atoms with van der Waals surface area (Å²) in [4.78, 5) is 15.0. The van der Waals surface area contributed by atoms with Crippen LogP contribution in [-0.4, -0.2) is 33.2 Å². The van der Waals surface area contributed by atoms with Gasteiger partial charge in [-0.3, -0.25) is 9.48 Å². The minimum Gasteiger partial charge on any atom is -0.330 e. The number of carbonyl (C=O) groups is 1. The van der Waals surface area contributed by atoms with E-state index in [1.165, 1.54) is 32.1 Å². The maximum absolute atomic E-state index is 13.0. The molecule has 1 aliphatic carbocycles. The van der Waals surface area contributed by atoms with E-state index in [9.17, 15) is 4.79 Å². The molecule has 0 bridgehead atoms. The van der Waals surface area contributed by atoms with E-state index in [2.05, 4.69) is 11.2 Å². The standard InChI is InChI=1S/C21H28N4O/c1-24-20(9-10-23-24)16-7-8-19-17(12-16)14-25(21(19)26)18(13-22)11-15-5-3-2-4-6-15/h7-10,12,15,18H,2-6,11,13-14,22H2,1H3/t18-/m0/s1. The number of nitrogens with two attached hydrogens (primary N) is 1. The van der Waals surface area contributed by atoms with Gasteiger partial charge in [-0.25, -0.2) is 0 Å². The van der Waals surface area contributed by atoms with E-state index in [-0.39, 0.29) is 11.9 Å². The van der Waals surface area contributed by atoms with Gasteiger partial charge < -0.3 is 10.6 Å². The lowest BCUT2D eigenvalue weighted by Crippen LogP contribution is -2.42. The summed E-state index contributed by atoms with van der Waals surface area (Å²) in [6.45, 7) is 1.22. The van der Waals surface area contributed by atoms with Crippen LogP contribution in [0, 0.1) is 5.92 Å². The molecule has 5 nitrogen and oxygen atoms in total. The van der Waals surface area contributed by atoms with Gasteiger partial charge in [0.2, 0.25) is 0 Å². The largest absolute Gasteiger partial charge is 0.330 e. The molecule has 1 fully saturated rings. The number of amides is 1. The van der Waals surface area contributed by atoms with Crippen LogP contribution in [0.5, 0.6) is 0 Å². The summed E-state index contributed by atoms with van der Waals surface area (Å²) < 4.78 is 1.86. The van der Waals surface area contributed by atoms with Gasteiger partial charge in [0, 0.05) is 43.5 Å². The van der Waals surface area contributed by atoms with Gasteiger partial charge in [-0.05, 0) is 36.1 Å². The Morgan fingerprint density at radius 3 is 2.73 bits per heavy atom. The van der Waals surface area contributed by atoms with Crippen LogP contribution in [0.3, 0.4) is 0 Å². The molecule has 1 saturated carbocycles. The minimum absolute atomic E-state index is 0.141. The highest BCUT2D eigenvalue weighted by Crippen LogP contribution is 2.33. The van der Waals surface area contributed by atoms with Crippen molar-refractivity contribution in [1.29, 1.82) is 0 Å². The van der Waals surface area contributed by atoms with E-state index in [1.807, 2.05) is 34.8 Å². The van der Waals surface area contributed by atoms with Gasteiger partial charge in [-0.1, -0.05) is 38.2 Å². The second-order valence-corrected chi connectivity index (χ2v) is 7.77. The highest BCUT2D eigenvalue weighted by atomic mass is 16.2. The van der Waals surface area contributed by atoms with Crippen molar-refractivity contribution in [3.05, 3.63) is 41.6 Å².